The fourth-order valence-corrected chi connectivity index (χ4v) is 1.76. The lowest BCUT2D eigenvalue weighted by Gasteiger charge is -2.24. The summed E-state index contributed by atoms with van der Waals surface area (Å²) < 4.78 is 0. The molecule has 0 spiro atoms. The van der Waals surface area contributed by atoms with Crippen molar-refractivity contribution >= 4 is 5.91 Å². The van der Waals surface area contributed by atoms with Crippen LogP contribution in [0.25, 0.3) is 0 Å². The molecule has 1 aliphatic rings. The Hall–Kier alpha value is -0.610. The molecule has 4 N–H and O–H groups in total. The van der Waals surface area contributed by atoms with Gasteiger partial charge in [0, 0.05) is 13.1 Å². The maximum atomic E-state index is 11.7. The van der Waals surface area contributed by atoms with Crippen molar-refractivity contribution in [2.24, 2.45) is 11.1 Å². The van der Waals surface area contributed by atoms with Gasteiger partial charge in [-0.3, -0.25) is 4.79 Å². The van der Waals surface area contributed by atoms with Crippen LogP contribution in [-0.2, 0) is 4.79 Å². The Labute approximate surface area is 91.2 Å². The van der Waals surface area contributed by atoms with Gasteiger partial charge in [-0.25, -0.2) is 0 Å². The van der Waals surface area contributed by atoms with Gasteiger partial charge < -0.3 is 16.2 Å². The first-order valence-electron chi connectivity index (χ1n) is 5.66. The molecule has 0 aromatic carbocycles. The van der Waals surface area contributed by atoms with E-state index in [1.807, 2.05) is 6.92 Å². The van der Waals surface area contributed by atoms with Crippen molar-refractivity contribution < 1.29 is 9.90 Å². The number of nitrogens with two attached hydrogens (primary N) is 1. The highest BCUT2D eigenvalue weighted by molar-refractivity contribution is 5.85. The normalized spacial score (nSPS) is 21.9. The maximum absolute atomic E-state index is 11.7. The van der Waals surface area contributed by atoms with Crippen LogP contribution in [0.2, 0.25) is 0 Å². The van der Waals surface area contributed by atoms with Crippen molar-refractivity contribution in [1.29, 1.82) is 0 Å². The first kappa shape index (κ1) is 12.5. The second-order valence-electron chi connectivity index (χ2n) is 4.91. The second kappa shape index (κ2) is 4.49. The SMILES string of the molecule is CCCC(C)(O)CNC(=O)C1(CN)CC1. The van der Waals surface area contributed by atoms with E-state index in [9.17, 15) is 9.90 Å². The third-order valence-electron chi connectivity index (χ3n) is 3.14. The van der Waals surface area contributed by atoms with Crippen molar-refractivity contribution in [2.75, 3.05) is 13.1 Å². The van der Waals surface area contributed by atoms with Crippen LogP contribution in [0, 0.1) is 5.41 Å². The van der Waals surface area contributed by atoms with Crippen LogP contribution < -0.4 is 11.1 Å². The Kier molecular flexibility index (Phi) is 3.73. The van der Waals surface area contributed by atoms with E-state index in [2.05, 4.69) is 5.32 Å². The summed E-state index contributed by atoms with van der Waals surface area (Å²) in [6.45, 7) is 4.49. The van der Waals surface area contributed by atoms with Crippen molar-refractivity contribution in [3.05, 3.63) is 0 Å². The van der Waals surface area contributed by atoms with Gasteiger partial charge >= 0.3 is 0 Å². The largest absolute Gasteiger partial charge is 0.388 e. The molecule has 1 atom stereocenters. The molecule has 0 saturated heterocycles. The van der Waals surface area contributed by atoms with E-state index in [1.165, 1.54) is 0 Å². The lowest BCUT2D eigenvalue weighted by atomic mass is 10.00. The van der Waals surface area contributed by atoms with Crippen molar-refractivity contribution in [2.45, 2.75) is 45.1 Å². The molecule has 4 nitrogen and oxygen atoms in total. The van der Waals surface area contributed by atoms with Gasteiger partial charge in [0.05, 0.1) is 11.0 Å². The van der Waals surface area contributed by atoms with Gasteiger partial charge in [-0.2, -0.15) is 0 Å². The minimum atomic E-state index is -0.797. The van der Waals surface area contributed by atoms with Crippen LogP contribution >= 0.6 is 0 Å². The Morgan fingerprint density at radius 2 is 2.20 bits per heavy atom. The molecule has 0 heterocycles. The third kappa shape index (κ3) is 3.18. The van der Waals surface area contributed by atoms with Crippen LogP contribution in [0.15, 0.2) is 0 Å². The monoisotopic (exact) mass is 214 g/mol. The molecule has 1 saturated carbocycles. The molecule has 0 bridgehead atoms. The fourth-order valence-electron chi connectivity index (χ4n) is 1.76. The molecular formula is C11H22N2O2. The fraction of sp³-hybridized carbons (Fsp3) is 0.909. The highest BCUT2D eigenvalue weighted by atomic mass is 16.3. The first-order valence-corrected chi connectivity index (χ1v) is 5.66. The molecule has 0 aromatic heterocycles. The summed E-state index contributed by atoms with van der Waals surface area (Å²) in [6.07, 6.45) is 3.37. The predicted octanol–water partition coefficient (Wildman–Crippen LogP) is 0.393. The molecule has 1 rings (SSSR count). The number of carbonyl (C=O) groups is 1. The summed E-state index contributed by atoms with van der Waals surface area (Å²) >= 11 is 0. The molecule has 1 aliphatic carbocycles. The number of carbonyl (C=O) groups excluding carboxylic acids is 1. The molecule has 88 valence electrons. The molecule has 1 fully saturated rings. The molecule has 4 heteroatoms. The maximum Gasteiger partial charge on any atom is 0.227 e. The van der Waals surface area contributed by atoms with Crippen LogP contribution in [0.4, 0.5) is 0 Å². The van der Waals surface area contributed by atoms with Gasteiger partial charge in [0.15, 0.2) is 0 Å². The quantitative estimate of drug-likeness (QED) is 0.599. The summed E-state index contributed by atoms with van der Waals surface area (Å²) in [7, 11) is 0. The number of hydrogen-bond acceptors (Lipinski definition) is 3. The minimum absolute atomic E-state index is 0.00128. The first-order chi connectivity index (χ1) is 6.96. The summed E-state index contributed by atoms with van der Waals surface area (Å²) in [5.41, 5.74) is 4.43. The number of amides is 1. The van der Waals surface area contributed by atoms with E-state index in [0.29, 0.717) is 19.5 Å². The molecule has 1 amide bonds. The van der Waals surface area contributed by atoms with Gasteiger partial charge in [0.1, 0.15) is 0 Å². The molecule has 1 unspecified atom stereocenters. The van der Waals surface area contributed by atoms with E-state index in [1.54, 1.807) is 6.92 Å². The Morgan fingerprint density at radius 3 is 2.60 bits per heavy atom. The standard InChI is InChI=1S/C11H22N2O2/c1-3-4-10(2,15)8-13-9(14)11(7-12)5-6-11/h15H,3-8,12H2,1-2H3,(H,13,14). The van der Waals surface area contributed by atoms with Crippen LogP contribution in [0.5, 0.6) is 0 Å². The lowest BCUT2D eigenvalue weighted by molar-refractivity contribution is -0.127. The van der Waals surface area contributed by atoms with Gasteiger partial charge in [-0.05, 0) is 26.2 Å². The smallest absolute Gasteiger partial charge is 0.227 e. The van der Waals surface area contributed by atoms with Crippen LogP contribution in [0.3, 0.4) is 0 Å². The Balaban J connectivity index is 2.34. The summed E-state index contributed by atoms with van der Waals surface area (Å²) in [5.74, 6) is 0.00128. The van der Waals surface area contributed by atoms with E-state index in [-0.39, 0.29) is 11.3 Å². The third-order valence-corrected chi connectivity index (χ3v) is 3.14. The van der Waals surface area contributed by atoms with Crippen molar-refractivity contribution in [1.82, 2.24) is 5.32 Å². The van der Waals surface area contributed by atoms with Gasteiger partial charge in [-0.1, -0.05) is 13.3 Å². The number of aliphatic hydroxyl groups is 1. The van der Waals surface area contributed by atoms with E-state index < -0.39 is 5.60 Å². The van der Waals surface area contributed by atoms with Crippen molar-refractivity contribution in [3.63, 3.8) is 0 Å². The predicted molar refractivity (Wildman–Crippen MR) is 59.3 cm³/mol. The van der Waals surface area contributed by atoms with Gasteiger partial charge in [-0.15, -0.1) is 0 Å². The van der Waals surface area contributed by atoms with Gasteiger partial charge in [0.25, 0.3) is 0 Å². The molecule has 0 radical (unpaired) electrons. The Bertz CT molecular complexity index is 235. The molecule has 0 aromatic rings. The average molecular weight is 214 g/mol. The van der Waals surface area contributed by atoms with Crippen LogP contribution in [0.1, 0.15) is 39.5 Å². The van der Waals surface area contributed by atoms with E-state index >= 15 is 0 Å². The Morgan fingerprint density at radius 1 is 1.60 bits per heavy atom. The van der Waals surface area contributed by atoms with Crippen LogP contribution in [-0.4, -0.2) is 29.7 Å². The average Bonchev–Trinajstić information content (AvgIpc) is 2.95. The summed E-state index contributed by atoms with van der Waals surface area (Å²) in [4.78, 5) is 11.7. The summed E-state index contributed by atoms with van der Waals surface area (Å²) in [6, 6.07) is 0. The lowest BCUT2D eigenvalue weighted by Crippen LogP contribution is -2.44. The molecule has 0 aliphatic heterocycles. The highest BCUT2D eigenvalue weighted by Gasteiger charge is 2.48. The zero-order chi connectivity index (χ0) is 11.5. The zero-order valence-corrected chi connectivity index (χ0v) is 9.68. The minimum Gasteiger partial charge on any atom is -0.388 e. The van der Waals surface area contributed by atoms with E-state index in [4.69, 9.17) is 5.73 Å². The molecular weight excluding hydrogens is 192 g/mol. The zero-order valence-electron chi connectivity index (χ0n) is 9.68. The van der Waals surface area contributed by atoms with Gasteiger partial charge in [0.2, 0.25) is 5.91 Å². The second-order valence-corrected chi connectivity index (χ2v) is 4.91. The number of nitrogens with one attached hydrogen (secondary N) is 1. The number of rotatable bonds is 6. The topological polar surface area (TPSA) is 75.3 Å². The number of hydrogen-bond donors (Lipinski definition) is 3. The highest BCUT2D eigenvalue weighted by Crippen LogP contribution is 2.44. The van der Waals surface area contributed by atoms with Crippen molar-refractivity contribution in [3.8, 4) is 0 Å². The molecule has 15 heavy (non-hydrogen) atoms. The van der Waals surface area contributed by atoms with E-state index in [0.717, 1.165) is 19.3 Å². The summed E-state index contributed by atoms with van der Waals surface area (Å²) in [5, 5.41) is 12.7.